The molecule has 1 amide bonds. The first-order chi connectivity index (χ1) is 11.9. The minimum absolute atomic E-state index is 0.0640. The van der Waals surface area contributed by atoms with Gasteiger partial charge in [0.25, 0.3) is 5.91 Å². The summed E-state index contributed by atoms with van der Waals surface area (Å²) in [6, 6.07) is 12.5. The Balaban J connectivity index is 1.94. The van der Waals surface area contributed by atoms with Gasteiger partial charge >= 0.3 is 0 Å². The zero-order chi connectivity index (χ0) is 18.1. The van der Waals surface area contributed by atoms with Crippen LogP contribution < -0.4 is 5.43 Å². The summed E-state index contributed by atoms with van der Waals surface area (Å²) in [5.74, 6) is -0.109. The fraction of sp³-hybridized carbons (Fsp3) is 0.238. The molecule has 0 radical (unpaired) electrons. The zero-order valence-electron chi connectivity index (χ0n) is 14.9. The highest BCUT2D eigenvalue weighted by Gasteiger charge is 2.21. The normalized spacial score (nSPS) is 12.2. The van der Waals surface area contributed by atoms with Crippen molar-refractivity contribution in [3.63, 3.8) is 0 Å². The molecule has 0 spiro atoms. The topological polar surface area (TPSA) is 50.5 Å². The summed E-state index contributed by atoms with van der Waals surface area (Å²) >= 11 is 0. The van der Waals surface area contributed by atoms with Gasteiger partial charge in [0.2, 0.25) is 0 Å². The number of hydrogen-bond acceptors (Lipinski definition) is 3. The van der Waals surface area contributed by atoms with Crippen LogP contribution in [-0.4, -0.2) is 17.9 Å². The molecule has 0 saturated carbocycles. The highest BCUT2D eigenvalue weighted by molar-refractivity contribution is 5.97. The average molecular weight is 335 g/mol. The van der Waals surface area contributed by atoms with Gasteiger partial charge in [-0.3, -0.25) is 9.59 Å². The molecule has 0 saturated heterocycles. The SMILES string of the molecule is Cc1ccc(C)c(C(C)N(C)C(=O)c2ccc3c(=O)ccoc3c2)c1. The number of rotatable bonds is 3. The van der Waals surface area contributed by atoms with Gasteiger partial charge in [0.15, 0.2) is 5.43 Å². The third-order valence-corrected chi connectivity index (χ3v) is 4.69. The van der Waals surface area contributed by atoms with Gasteiger partial charge in [-0.05, 0) is 50.1 Å². The molecule has 25 heavy (non-hydrogen) atoms. The maximum Gasteiger partial charge on any atom is 0.254 e. The Morgan fingerprint density at radius 3 is 2.60 bits per heavy atom. The third kappa shape index (κ3) is 3.20. The molecular formula is C21H21NO3. The second-order valence-electron chi connectivity index (χ2n) is 6.45. The van der Waals surface area contributed by atoms with Crippen LogP contribution in [0.2, 0.25) is 0 Å². The Labute approximate surface area is 146 Å². The van der Waals surface area contributed by atoms with Crippen molar-refractivity contribution in [2.75, 3.05) is 7.05 Å². The second kappa shape index (κ2) is 6.55. The van der Waals surface area contributed by atoms with E-state index < -0.39 is 0 Å². The molecule has 128 valence electrons. The highest BCUT2D eigenvalue weighted by Crippen LogP contribution is 2.25. The molecule has 4 nitrogen and oxygen atoms in total. The van der Waals surface area contributed by atoms with Gasteiger partial charge in [-0.2, -0.15) is 0 Å². The second-order valence-corrected chi connectivity index (χ2v) is 6.45. The fourth-order valence-corrected chi connectivity index (χ4v) is 3.01. The molecule has 1 unspecified atom stereocenters. The summed E-state index contributed by atoms with van der Waals surface area (Å²) in [6.07, 6.45) is 1.35. The van der Waals surface area contributed by atoms with Crippen LogP contribution in [0.1, 0.15) is 40.0 Å². The molecule has 2 aromatic carbocycles. The van der Waals surface area contributed by atoms with Gasteiger partial charge in [-0.25, -0.2) is 0 Å². The lowest BCUT2D eigenvalue weighted by atomic mass is 9.98. The van der Waals surface area contributed by atoms with E-state index in [0.29, 0.717) is 16.5 Å². The van der Waals surface area contributed by atoms with Crippen molar-refractivity contribution in [2.45, 2.75) is 26.8 Å². The Kier molecular flexibility index (Phi) is 4.45. The standard InChI is InChI=1S/C21H21NO3/c1-13-5-6-14(2)18(11-13)15(3)22(4)21(24)16-7-8-17-19(23)9-10-25-20(17)12-16/h5-12,15H,1-4H3. The molecule has 0 aliphatic carbocycles. The summed E-state index contributed by atoms with van der Waals surface area (Å²) in [5, 5.41) is 0.476. The number of benzene rings is 2. The lowest BCUT2D eigenvalue weighted by Gasteiger charge is -2.27. The first kappa shape index (κ1) is 17.0. The first-order valence-corrected chi connectivity index (χ1v) is 8.24. The van der Waals surface area contributed by atoms with Crippen LogP contribution in [0.4, 0.5) is 0 Å². The molecule has 0 aliphatic heterocycles. The van der Waals surface area contributed by atoms with E-state index >= 15 is 0 Å². The minimum atomic E-state index is -0.114. The molecule has 3 aromatic rings. The van der Waals surface area contributed by atoms with Crippen LogP contribution in [0, 0.1) is 13.8 Å². The van der Waals surface area contributed by atoms with Crippen LogP contribution >= 0.6 is 0 Å². The van der Waals surface area contributed by atoms with Gasteiger partial charge in [-0.1, -0.05) is 23.8 Å². The number of aryl methyl sites for hydroxylation is 2. The number of hydrogen-bond donors (Lipinski definition) is 0. The van der Waals surface area contributed by atoms with Crippen LogP contribution in [-0.2, 0) is 0 Å². The van der Waals surface area contributed by atoms with E-state index in [1.54, 1.807) is 30.1 Å². The lowest BCUT2D eigenvalue weighted by Crippen LogP contribution is -2.30. The molecule has 1 heterocycles. The Morgan fingerprint density at radius 1 is 1.08 bits per heavy atom. The van der Waals surface area contributed by atoms with Crippen LogP contribution in [0.5, 0.6) is 0 Å². The van der Waals surface area contributed by atoms with Crippen LogP contribution in [0.3, 0.4) is 0 Å². The predicted octanol–water partition coefficient (Wildman–Crippen LogP) is 4.24. The maximum absolute atomic E-state index is 12.9. The van der Waals surface area contributed by atoms with Gasteiger partial charge in [0.05, 0.1) is 17.7 Å². The maximum atomic E-state index is 12.9. The van der Waals surface area contributed by atoms with Crippen molar-refractivity contribution in [1.82, 2.24) is 4.90 Å². The number of amides is 1. The largest absolute Gasteiger partial charge is 0.464 e. The summed E-state index contributed by atoms with van der Waals surface area (Å²) in [7, 11) is 1.79. The molecule has 0 fully saturated rings. The van der Waals surface area contributed by atoms with Crippen molar-refractivity contribution in [3.05, 3.63) is 81.2 Å². The van der Waals surface area contributed by atoms with Gasteiger partial charge in [0.1, 0.15) is 5.58 Å². The quantitative estimate of drug-likeness (QED) is 0.719. The minimum Gasteiger partial charge on any atom is -0.464 e. The molecule has 1 atom stereocenters. The highest BCUT2D eigenvalue weighted by atomic mass is 16.3. The van der Waals surface area contributed by atoms with E-state index in [2.05, 4.69) is 18.2 Å². The van der Waals surface area contributed by atoms with Gasteiger partial charge in [-0.15, -0.1) is 0 Å². The fourth-order valence-electron chi connectivity index (χ4n) is 3.01. The monoisotopic (exact) mass is 335 g/mol. The van der Waals surface area contributed by atoms with E-state index in [1.165, 1.54) is 17.9 Å². The molecule has 4 heteroatoms. The number of carbonyl (C=O) groups excluding carboxylic acids is 1. The van der Waals surface area contributed by atoms with E-state index in [9.17, 15) is 9.59 Å². The smallest absolute Gasteiger partial charge is 0.254 e. The van der Waals surface area contributed by atoms with Crippen LogP contribution in [0.15, 0.2) is 57.9 Å². The average Bonchev–Trinajstić information content (AvgIpc) is 2.61. The zero-order valence-corrected chi connectivity index (χ0v) is 14.9. The summed E-state index contributed by atoms with van der Waals surface area (Å²) in [4.78, 5) is 26.4. The molecule has 0 bridgehead atoms. The van der Waals surface area contributed by atoms with Crippen molar-refractivity contribution >= 4 is 16.9 Å². The van der Waals surface area contributed by atoms with E-state index in [1.807, 2.05) is 20.8 Å². The predicted molar refractivity (Wildman–Crippen MR) is 98.9 cm³/mol. The first-order valence-electron chi connectivity index (χ1n) is 8.24. The summed E-state index contributed by atoms with van der Waals surface area (Å²) < 4.78 is 5.37. The number of carbonyl (C=O) groups is 1. The summed E-state index contributed by atoms with van der Waals surface area (Å²) in [5.41, 5.74) is 4.26. The third-order valence-electron chi connectivity index (χ3n) is 4.69. The van der Waals surface area contributed by atoms with E-state index in [4.69, 9.17) is 4.42 Å². The molecule has 1 aromatic heterocycles. The van der Waals surface area contributed by atoms with E-state index in [0.717, 1.165) is 11.1 Å². The molecular weight excluding hydrogens is 314 g/mol. The Morgan fingerprint density at radius 2 is 1.84 bits per heavy atom. The Bertz CT molecular complexity index is 1000. The van der Waals surface area contributed by atoms with Gasteiger partial charge in [0, 0.05) is 18.7 Å². The van der Waals surface area contributed by atoms with E-state index in [-0.39, 0.29) is 17.4 Å². The van der Waals surface area contributed by atoms with Crippen molar-refractivity contribution in [1.29, 1.82) is 0 Å². The van der Waals surface area contributed by atoms with Crippen molar-refractivity contribution in [3.8, 4) is 0 Å². The lowest BCUT2D eigenvalue weighted by molar-refractivity contribution is 0.0742. The van der Waals surface area contributed by atoms with Crippen molar-refractivity contribution in [2.24, 2.45) is 0 Å². The molecule has 0 N–H and O–H groups in total. The molecule has 3 rings (SSSR count). The Hall–Kier alpha value is -2.88. The van der Waals surface area contributed by atoms with Crippen molar-refractivity contribution < 1.29 is 9.21 Å². The summed E-state index contributed by atoms with van der Waals surface area (Å²) in [6.45, 7) is 6.11. The van der Waals surface area contributed by atoms with Gasteiger partial charge < -0.3 is 9.32 Å². The van der Waals surface area contributed by atoms with Crippen LogP contribution in [0.25, 0.3) is 11.0 Å². The molecule has 0 aliphatic rings. The number of fused-ring (bicyclic) bond motifs is 1. The number of nitrogens with zero attached hydrogens (tertiary/aromatic N) is 1.